The van der Waals surface area contributed by atoms with Gasteiger partial charge >= 0.3 is 17.8 Å². The summed E-state index contributed by atoms with van der Waals surface area (Å²) in [6.07, 6.45) is -4.52. The highest BCUT2D eigenvalue weighted by molar-refractivity contribution is 5.99. The molecular formula is C14H13F3N4O3. The Kier molecular flexibility index (Phi) is 3.82. The van der Waals surface area contributed by atoms with Gasteiger partial charge in [-0.3, -0.25) is 9.59 Å². The van der Waals surface area contributed by atoms with Crippen LogP contribution in [0.4, 0.5) is 18.9 Å². The summed E-state index contributed by atoms with van der Waals surface area (Å²) in [5.41, 5.74) is 0.889. The van der Waals surface area contributed by atoms with Crippen molar-refractivity contribution in [3.05, 3.63) is 28.7 Å². The van der Waals surface area contributed by atoms with Crippen LogP contribution in [0, 0.1) is 0 Å². The number of hydrogen-bond acceptors (Lipinski definition) is 3. The number of aromatic amines is 2. The van der Waals surface area contributed by atoms with Crippen LogP contribution in [0.1, 0.15) is 12.8 Å². The minimum absolute atomic E-state index is 0.111. The summed E-state index contributed by atoms with van der Waals surface area (Å²) in [7, 11) is 0. The molecule has 1 aliphatic heterocycles. The summed E-state index contributed by atoms with van der Waals surface area (Å²) >= 11 is 0. The lowest BCUT2D eigenvalue weighted by atomic mass is 10.2. The summed E-state index contributed by atoms with van der Waals surface area (Å²) < 4.78 is 37.7. The normalized spacial score (nSPS) is 18.1. The van der Waals surface area contributed by atoms with Gasteiger partial charge in [0.25, 0.3) is 0 Å². The summed E-state index contributed by atoms with van der Waals surface area (Å²) in [6.45, 7) is -0.111. The number of aromatic nitrogens is 2. The van der Waals surface area contributed by atoms with Crippen LogP contribution in [0.3, 0.4) is 0 Å². The molecule has 1 unspecified atom stereocenters. The average Bonchev–Trinajstić information content (AvgIpc) is 3.10. The summed E-state index contributed by atoms with van der Waals surface area (Å²) in [5.74, 6) is -2.70. The molecule has 1 saturated heterocycles. The second-order valence-electron chi connectivity index (χ2n) is 5.48. The van der Waals surface area contributed by atoms with Crippen LogP contribution in [-0.4, -0.2) is 45.4 Å². The van der Waals surface area contributed by atoms with Gasteiger partial charge in [0.05, 0.1) is 11.0 Å². The zero-order valence-corrected chi connectivity index (χ0v) is 12.2. The van der Waals surface area contributed by atoms with Gasteiger partial charge in [0.1, 0.15) is 6.04 Å². The molecule has 2 heterocycles. The highest BCUT2D eigenvalue weighted by Gasteiger charge is 2.47. The molecule has 0 bridgehead atoms. The maximum atomic E-state index is 12.6. The van der Waals surface area contributed by atoms with Crippen molar-refractivity contribution in [2.75, 3.05) is 11.9 Å². The molecule has 7 nitrogen and oxygen atoms in total. The first-order chi connectivity index (χ1) is 11.3. The van der Waals surface area contributed by atoms with Crippen molar-refractivity contribution in [1.29, 1.82) is 0 Å². The Bertz CT molecular complexity index is 855. The number of benzene rings is 1. The van der Waals surface area contributed by atoms with E-state index in [9.17, 15) is 27.6 Å². The first-order valence-electron chi connectivity index (χ1n) is 7.16. The van der Waals surface area contributed by atoms with E-state index in [1.807, 2.05) is 0 Å². The van der Waals surface area contributed by atoms with Gasteiger partial charge in [0.15, 0.2) is 0 Å². The molecule has 1 aliphatic rings. The van der Waals surface area contributed by atoms with Crippen LogP contribution in [0.5, 0.6) is 0 Å². The minimum Gasteiger partial charge on any atom is -0.324 e. The number of likely N-dealkylation sites (tertiary alicyclic amines) is 1. The average molecular weight is 342 g/mol. The van der Waals surface area contributed by atoms with E-state index in [0.29, 0.717) is 28.0 Å². The molecule has 1 fully saturated rings. The predicted molar refractivity (Wildman–Crippen MR) is 78.3 cm³/mol. The Balaban J connectivity index is 1.77. The van der Waals surface area contributed by atoms with E-state index < -0.39 is 29.7 Å². The Morgan fingerprint density at radius 3 is 2.62 bits per heavy atom. The third-order valence-corrected chi connectivity index (χ3v) is 3.84. The molecule has 0 spiro atoms. The molecule has 3 rings (SSSR count). The smallest absolute Gasteiger partial charge is 0.324 e. The highest BCUT2D eigenvalue weighted by Crippen LogP contribution is 2.26. The van der Waals surface area contributed by atoms with Gasteiger partial charge in [-0.25, -0.2) is 4.79 Å². The number of hydrogen-bond donors (Lipinski definition) is 3. The molecule has 0 radical (unpaired) electrons. The number of carbonyl (C=O) groups is 2. The van der Waals surface area contributed by atoms with Crippen molar-refractivity contribution in [3.63, 3.8) is 0 Å². The standard InChI is InChI=1S/C14H13F3N4O3/c15-14(16,17)12(23)21-5-1-2-10(21)11(22)18-7-3-4-8-9(6-7)20-13(24)19-8/h3-4,6,10H,1-2,5H2,(H,18,22)(H2,19,20,24). The minimum atomic E-state index is -5.01. The SMILES string of the molecule is O=C(Nc1ccc2[nH]c(=O)[nH]c2c1)C1CCCN1C(=O)C(F)(F)F. The van der Waals surface area contributed by atoms with E-state index >= 15 is 0 Å². The molecule has 0 aliphatic carbocycles. The van der Waals surface area contributed by atoms with Gasteiger partial charge in [-0.15, -0.1) is 0 Å². The van der Waals surface area contributed by atoms with E-state index in [1.165, 1.54) is 12.1 Å². The van der Waals surface area contributed by atoms with Crippen LogP contribution < -0.4 is 11.0 Å². The molecule has 0 saturated carbocycles. The van der Waals surface area contributed by atoms with Crippen molar-refractivity contribution in [2.24, 2.45) is 0 Å². The first-order valence-corrected chi connectivity index (χ1v) is 7.16. The maximum Gasteiger partial charge on any atom is 0.471 e. The summed E-state index contributed by atoms with van der Waals surface area (Å²) in [5, 5.41) is 2.49. The quantitative estimate of drug-likeness (QED) is 0.768. The number of H-pyrrole nitrogens is 2. The van der Waals surface area contributed by atoms with Gasteiger partial charge in [-0.2, -0.15) is 13.2 Å². The van der Waals surface area contributed by atoms with Gasteiger partial charge in [-0.1, -0.05) is 0 Å². The van der Waals surface area contributed by atoms with E-state index in [0.717, 1.165) is 0 Å². The van der Waals surface area contributed by atoms with Crippen molar-refractivity contribution in [2.45, 2.75) is 25.1 Å². The number of amides is 2. The van der Waals surface area contributed by atoms with Gasteiger partial charge in [0, 0.05) is 12.2 Å². The largest absolute Gasteiger partial charge is 0.471 e. The third-order valence-electron chi connectivity index (χ3n) is 3.84. The molecule has 24 heavy (non-hydrogen) atoms. The Hall–Kier alpha value is -2.78. The maximum absolute atomic E-state index is 12.6. The number of rotatable bonds is 2. The Labute approximate surface area is 132 Å². The number of nitrogens with one attached hydrogen (secondary N) is 3. The predicted octanol–water partition coefficient (Wildman–Crippen LogP) is 1.35. The zero-order chi connectivity index (χ0) is 17.5. The molecule has 3 N–H and O–H groups in total. The number of carbonyl (C=O) groups excluding carboxylic acids is 2. The summed E-state index contributed by atoms with van der Waals surface area (Å²) in [6, 6.07) is 3.38. The second kappa shape index (κ2) is 5.69. The third kappa shape index (κ3) is 2.99. The number of halogens is 3. The van der Waals surface area contributed by atoms with Crippen LogP contribution in [0.2, 0.25) is 0 Å². The number of fused-ring (bicyclic) bond motifs is 1. The first kappa shape index (κ1) is 16.1. The molecule has 1 aromatic carbocycles. The zero-order valence-electron chi connectivity index (χ0n) is 12.2. The van der Waals surface area contributed by atoms with Crippen LogP contribution in [-0.2, 0) is 9.59 Å². The van der Waals surface area contributed by atoms with Crippen LogP contribution in [0.25, 0.3) is 11.0 Å². The molecule has 1 atom stereocenters. The number of anilines is 1. The van der Waals surface area contributed by atoms with Gasteiger partial charge < -0.3 is 20.2 Å². The lowest BCUT2D eigenvalue weighted by molar-refractivity contribution is -0.186. The van der Waals surface area contributed by atoms with Crippen molar-refractivity contribution < 1.29 is 22.8 Å². The van der Waals surface area contributed by atoms with E-state index in [2.05, 4.69) is 15.3 Å². The Morgan fingerprint density at radius 2 is 1.92 bits per heavy atom. The molecule has 128 valence electrons. The molecule has 10 heteroatoms. The van der Waals surface area contributed by atoms with Crippen molar-refractivity contribution >= 4 is 28.5 Å². The number of imidazole rings is 1. The highest BCUT2D eigenvalue weighted by atomic mass is 19.4. The topological polar surface area (TPSA) is 98.1 Å². The Morgan fingerprint density at radius 1 is 1.21 bits per heavy atom. The second-order valence-corrected chi connectivity index (χ2v) is 5.48. The van der Waals surface area contributed by atoms with Crippen molar-refractivity contribution in [1.82, 2.24) is 14.9 Å². The molecule has 2 aromatic rings. The lowest BCUT2D eigenvalue weighted by Crippen LogP contribution is -2.48. The van der Waals surface area contributed by atoms with Crippen LogP contribution >= 0.6 is 0 Å². The monoisotopic (exact) mass is 342 g/mol. The van der Waals surface area contributed by atoms with Crippen LogP contribution in [0.15, 0.2) is 23.0 Å². The molecule has 1 aromatic heterocycles. The van der Waals surface area contributed by atoms with E-state index in [4.69, 9.17) is 0 Å². The van der Waals surface area contributed by atoms with Gasteiger partial charge in [0.2, 0.25) is 5.91 Å². The van der Waals surface area contributed by atoms with E-state index in [-0.39, 0.29) is 13.0 Å². The van der Waals surface area contributed by atoms with E-state index in [1.54, 1.807) is 6.07 Å². The fourth-order valence-corrected chi connectivity index (χ4v) is 2.78. The number of nitrogens with zero attached hydrogens (tertiary/aromatic N) is 1. The lowest BCUT2D eigenvalue weighted by Gasteiger charge is -2.24. The van der Waals surface area contributed by atoms with Crippen molar-refractivity contribution in [3.8, 4) is 0 Å². The fraction of sp³-hybridized carbons (Fsp3) is 0.357. The fourth-order valence-electron chi connectivity index (χ4n) is 2.78. The molecule has 2 amide bonds. The summed E-state index contributed by atoms with van der Waals surface area (Å²) in [4.78, 5) is 40.4. The van der Waals surface area contributed by atoms with Gasteiger partial charge in [-0.05, 0) is 31.0 Å². The number of alkyl halides is 3. The molecular weight excluding hydrogens is 329 g/mol.